The van der Waals surface area contributed by atoms with Gasteiger partial charge in [0.05, 0.1) is 5.69 Å². The Morgan fingerprint density at radius 2 is 1.78 bits per heavy atom. The van der Waals surface area contributed by atoms with Crippen LogP contribution in [0.3, 0.4) is 0 Å². The molecular weight excluding hydrogens is 234 g/mol. The molecule has 18 heavy (non-hydrogen) atoms. The maximum atomic E-state index is 11.6. The van der Waals surface area contributed by atoms with Crippen molar-refractivity contribution < 1.29 is 19.1 Å². The van der Waals surface area contributed by atoms with E-state index in [4.69, 9.17) is 4.74 Å². The molecule has 0 bridgehead atoms. The number of hydrogen-bond acceptors (Lipinski definition) is 4. The largest absolute Gasteiger partial charge is 0.424 e. The van der Waals surface area contributed by atoms with Crippen molar-refractivity contribution in [3.63, 3.8) is 0 Å². The summed E-state index contributed by atoms with van der Waals surface area (Å²) < 4.78 is 5.00. The van der Waals surface area contributed by atoms with Crippen molar-refractivity contribution in [2.75, 3.05) is 4.90 Å². The summed E-state index contributed by atoms with van der Waals surface area (Å²) in [6, 6.07) is 4.92. The number of carbonyl (C=O) groups excluding carboxylic acids is 3. The number of imide groups is 1. The zero-order chi connectivity index (χ0) is 13.3. The van der Waals surface area contributed by atoms with Crippen LogP contribution in [-0.2, 0) is 14.4 Å². The van der Waals surface area contributed by atoms with Gasteiger partial charge in [0.15, 0.2) is 5.75 Å². The molecule has 0 radical (unpaired) electrons. The van der Waals surface area contributed by atoms with Crippen LogP contribution in [0.1, 0.15) is 12.5 Å². The number of hydrogen-bond donors (Lipinski definition) is 0. The molecule has 0 unspecified atom stereocenters. The maximum Gasteiger partial charge on any atom is 0.308 e. The first-order chi connectivity index (χ1) is 8.49. The Bertz CT molecular complexity index is 556. The molecule has 2 rings (SSSR count). The molecular formula is C13H11NO4. The highest BCUT2D eigenvalue weighted by molar-refractivity contribution is 6.28. The van der Waals surface area contributed by atoms with Crippen molar-refractivity contribution >= 4 is 23.5 Å². The summed E-state index contributed by atoms with van der Waals surface area (Å²) in [5.74, 6) is -1.20. The first-order valence-corrected chi connectivity index (χ1v) is 5.34. The fourth-order valence-electron chi connectivity index (χ4n) is 1.68. The van der Waals surface area contributed by atoms with Gasteiger partial charge >= 0.3 is 5.97 Å². The van der Waals surface area contributed by atoms with Crippen LogP contribution >= 0.6 is 0 Å². The molecule has 0 saturated carbocycles. The van der Waals surface area contributed by atoms with E-state index in [1.807, 2.05) is 6.92 Å². The normalized spacial score (nSPS) is 14.2. The van der Waals surface area contributed by atoms with Crippen LogP contribution in [0.2, 0.25) is 0 Å². The third-order valence-electron chi connectivity index (χ3n) is 2.42. The van der Waals surface area contributed by atoms with Gasteiger partial charge < -0.3 is 4.74 Å². The van der Waals surface area contributed by atoms with Gasteiger partial charge in [-0.1, -0.05) is 6.07 Å². The SMILES string of the molecule is CC(=O)Oc1ccc(C)cc1N1C(=O)C=CC1=O. The molecule has 1 heterocycles. The zero-order valence-corrected chi connectivity index (χ0v) is 9.97. The average molecular weight is 245 g/mol. The number of ether oxygens (including phenoxy) is 1. The number of amides is 2. The highest BCUT2D eigenvalue weighted by Crippen LogP contribution is 2.31. The third kappa shape index (κ3) is 2.15. The summed E-state index contributed by atoms with van der Waals surface area (Å²) in [5.41, 5.74) is 1.14. The summed E-state index contributed by atoms with van der Waals surface area (Å²) in [7, 11) is 0. The molecule has 5 nitrogen and oxygen atoms in total. The number of esters is 1. The number of anilines is 1. The zero-order valence-electron chi connectivity index (χ0n) is 9.97. The van der Waals surface area contributed by atoms with E-state index in [2.05, 4.69) is 0 Å². The average Bonchev–Trinajstić information content (AvgIpc) is 2.61. The van der Waals surface area contributed by atoms with Crippen LogP contribution in [0.5, 0.6) is 5.75 Å². The quantitative estimate of drug-likeness (QED) is 0.448. The van der Waals surface area contributed by atoms with Crippen molar-refractivity contribution in [3.8, 4) is 5.75 Å². The fraction of sp³-hybridized carbons (Fsp3) is 0.154. The van der Waals surface area contributed by atoms with Gasteiger partial charge in [-0.25, -0.2) is 4.90 Å². The Balaban J connectivity index is 2.48. The summed E-state index contributed by atoms with van der Waals surface area (Å²) in [6.45, 7) is 3.08. The summed E-state index contributed by atoms with van der Waals surface area (Å²) in [6.07, 6.45) is 2.37. The van der Waals surface area contributed by atoms with Crippen molar-refractivity contribution in [2.24, 2.45) is 0 Å². The van der Waals surface area contributed by atoms with Gasteiger partial charge in [0, 0.05) is 19.1 Å². The van der Waals surface area contributed by atoms with E-state index in [9.17, 15) is 14.4 Å². The van der Waals surface area contributed by atoms with Crippen LogP contribution in [-0.4, -0.2) is 17.8 Å². The molecule has 0 atom stereocenters. The van der Waals surface area contributed by atoms with Crippen LogP contribution in [0.15, 0.2) is 30.4 Å². The number of aryl methyl sites for hydroxylation is 1. The van der Waals surface area contributed by atoms with Crippen LogP contribution in [0.25, 0.3) is 0 Å². The Labute approximate surface area is 104 Å². The van der Waals surface area contributed by atoms with Gasteiger partial charge in [0.1, 0.15) is 0 Å². The lowest BCUT2D eigenvalue weighted by atomic mass is 10.2. The maximum absolute atomic E-state index is 11.6. The second kappa shape index (κ2) is 4.44. The van der Waals surface area contributed by atoms with E-state index in [1.165, 1.54) is 19.1 Å². The van der Waals surface area contributed by atoms with Crippen LogP contribution in [0, 0.1) is 6.92 Å². The van der Waals surface area contributed by atoms with E-state index < -0.39 is 17.8 Å². The Kier molecular flexibility index (Phi) is 2.97. The summed E-state index contributed by atoms with van der Waals surface area (Å²) >= 11 is 0. The smallest absolute Gasteiger partial charge is 0.308 e. The van der Waals surface area contributed by atoms with Crippen molar-refractivity contribution in [1.29, 1.82) is 0 Å². The fourth-order valence-corrected chi connectivity index (χ4v) is 1.68. The van der Waals surface area contributed by atoms with Crippen LogP contribution < -0.4 is 9.64 Å². The van der Waals surface area contributed by atoms with Crippen molar-refractivity contribution in [2.45, 2.75) is 13.8 Å². The highest BCUT2D eigenvalue weighted by atomic mass is 16.5. The summed E-state index contributed by atoms with van der Waals surface area (Å²) in [4.78, 5) is 35.2. The lowest BCUT2D eigenvalue weighted by Gasteiger charge is -2.17. The molecule has 1 aromatic rings. The second-order valence-electron chi connectivity index (χ2n) is 3.91. The van der Waals surface area contributed by atoms with Crippen molar-refractivity contribution in [3.05, 3.63) is 35.9 Å². The van der Waals surface area contributed by atoms with Gasteiger partial charge in [0.2, 0.25) is 0 Å². The summed E-state index contributed by atoms with van der Waals surface area (Å²) in [5, 5.41) is 0. The van der Waals surface area contributed by atoms with E-state index in [0.717, 1.165) is 10.5 Å². The number of carbonyl (C=O) groups is 3. The molecule has 0 aliphatic carbocycles. The Morgan fingerprint density at radius 3 is 2.33 bits per heavy atom. The highest BCUT2D eigenvalue weighted by Gasteiger charge is 2.28. The third-order valence-corrected chi connectivity index (χ3v) is 2.42. The number of rotatable bonds is 2. The van der Waals surface area contributed by atoms with Crippen molar-refractivity contribution in [1.82, 2.24) is 0 Å². The topological polar surface area (TPSA) is 63.7 Å². The minimum absolute atomic E-state index is 0.193. The van der Waals surface area contributed by atoms with Gasteiger partial charge in [-0.2, -0.15) is 0 Å². The van der Waals surface area contributed by atoms with Gasteiger partial charge in [-0.05, 0) is 24.6 Å². The van der Waals surface area contributed by atoms with Gasteiger partial charge in [-0.3, -0.25) is 14.4 Å². The molecule has 5 heteroatoms. The first-order valence-electron chi connectivity index (χ1n) is 5.34. The minimum Gasteiger partial charge on any atom is -0.424 e. The lowest BCUT2D eigenvalue weighted by molar-refractivity contribution is -0.132. The molecule has 0 spiro atoms. The van der Waals surface area contributed by atoms with E-state index >= 15 is 0 Å². The van der Waals surface area contributed by atoms with E-state index in [0.29, 0.717) is 0 Å². The van der Waals surface area contributed by atoms with Crippen LogP contribution in [0.4, 0.5) is 5.69 Å². The second-order valence-corrected chi connectivity index (χ2v) is 3.91. The van der Waals surface area contributed by atoms with E-state index in [1.54, 1.807) is 18.2 Å². The molecule has 0 fully saturated rings. The molecule has 2 amide bonds. The van der Waals surface area contributed by atoms with Gasteiger partial charge in [-0.15, -0.1) is 0 Å². The number of nitrogens with zero attached hydrogens (tertiary/aromatic N) is 1. The predicted molar refractivity (Wildman–Crippen MR) is 64.1 cm³/mol. The standard InChI is InChI=1S/C13H11NO4/c1-8-3-4-11(18-9(2)15)10(7-8)14-12(16)5-6-13(14)17/h3-7H,1-2H3. The molecule has 0 saturated heterocycles. The Morgan fingerprint density at radius 1 is 1.17 bits per heavy atom. The first kappa shape index (κ1) is 12.0. The van der Waals surface area contributed by atoms with E-state index in [-0.39, 0.29) is 11.4 Å². The molecule has 0 N–H and O–H groups in total. The van der Waals surface area contributed by atoms with Gasteiger partial charge in [0.25, 0.3) is 11.8 Å². The molecule has 0 aromatic heterocycles. The molecule has 1 aromatic carbocycles. The molecule has 1 aliphatic rings. The lowest BCUT2D eigenvalue weighted by Crippen LogP contribution is -2.30. The predicted octanol–water partition coefficient (Wildman–Crippen LogP) is 1.35. The minimum atomic E-state index is -0.507. The Hall–Kier alpha value is -2.43. The molecule has 92 valence electrons. The number of benzene rings is 1. The monoisotopic (exact) mass is 245 g/mol. The molecule has 1 aliphatic heterocycles.